The van der Waals surface area contributed by atoms with Crippen LogP contribution in [0.3, 0.4) is 0 Å². The molecule has 0 saturated heterocycles. The van der Waals surface area contributed by atoms with Crippen molar-refractivity contribution in [2.45, 2.75) is 57.1 Å². The Morgan fingerprint density at radius 2 is 1.43 bits per heavy atom. The zero-order valence-corrected chi connectivity index (χ0v) is 28.9. The topological polar surface area (TPSA) is 96.0 Å². The van der Waals surface area contributed by atoms with Gasteiger partial charge in [-0.25, -0.2) is 8.42 Å². The normalized spacial score (nSPS) is 12.5. The Morgan fingerprint density at radius 1 is 0.830 bits per heavy atom. The minimum Gasteiger partial charge on any atom is -0.492 e. The third-order valence-electron chi connectivity index (χ3n) is 7.71. The van der Waals surface area contributed by atoms with Crippen LogP contribution in [0.25, 0.3) is 0 Å². The predicted molar refractivity (Wildman–Crippen MR) is 187 cm³/mol. The number of hydrogen-bond acceptors (Lipinski definition) is 5. The molecule has 1 N–H and O–H groups in total. The van der Waals surface area contributed by atoms with E-state index in [1.54, 1.807) is 67.6 Å². The van der Waals surface area contributed by atoms with E-state index in [2.05, 4.69) is 5.32 Å². The fourth-order valence-electron chi connectivity index (χ4n) is 5.02. The van der Waals surface area contributed by atoms with E-state index in [1.807, 2.05) is 44.2 Å². The number of sulfonamides is 1. The lowest BCUT2D eigenvalue weighted by Crippen LogP contribution is -2.54. The maximum Gasteiger partial charge on any atom is 0.264 e. The number of benzene rings is 4. The molecule has 4 aromatic rings. The highest BCUT2D eigenvalue weighted by molar-refractivity contribution is 7.92. The Hall–Kier alpha value is -4.05. The molecule has 0 bridgehead atoms. The lowest BCUT2D eigenvalue weighted by atomic mass is 10.0. The number of nitrogens with one attached hydrogen (secondary N) is 1. The highest BCUT2D eigenvalue weighted by Crippen LogP contribution is 2.33. The second kappa shape index (κ2) is 16.7. The summed E-state index contributed by atoms with van der Waals surface area (Å²) < 4.78 is 35.4. The van der Waals surface area contributed by atoms with E-state index < -0.39 is 28.5 Å². The van der Waals surface area contributed by atoms with Crippen molar-refractivity contribution in [1.29, 1.82) is 0 Å². The average molecular weight is 697 g/mol. The van der Waals surface area contributed by atoms with Gasteiger partial charge in [0.2, 0.25) is 11.8 Å². The minimum absolute atomic E-state index is 0.00449. The van der Waals surface area contributed by atoms with Gasteiger partial charge in [-0.15, -0.1) is 0 Å². The van der Waals surface area contributed by atoms with Gasteiger partial charge >= 0.3 is 0 Å². The van der Waals surface area contributed by atoms with E-state index in [-0.39, 0.29) is 42.1 Å². The van der Waals surface area contributed by atoms with Crippen LogP contribution in [0.15, 0.2) is 108 Å². The lowest BCUT2D eigenvalue weighted by Gasteiger charge is -2.35. The number of amides is 2. The van der Waals surface area contributed by atoms with Crippen LogP contribution in [0, 0.1) is 0 Å². The van der Waals surface area contributed by atoms with Crippen molar-refractivity contribution in [2.24, 2.45) is 0 Å². The molecule has 4 aromatic carbocycles. The molecule has 0 spiro atoms. The number of hydrogen-bond donors (Lipinski definition) is 1. The molecule has 248 valence electrons. The summed E-state index contributed by atoms with van der Waals surface area (Å²) in [4.78, 5) is 30.1. The number of carbonyl (C=O) groups is 2. The Balaban J connectivity index is 1.87. The van der Waals surface area contributed by atoms with Gasteiger partial charge in [-0.3, -0.25) is 13.9 Å². The molecule has 0 heterocycles. The van der Waals surface area contributed by atoms with Gasteiger partial charge in [0, 0.05) is 34.6 Å². The van der Waals surface area contributed by atoms with Crippen molar-refractivity contribution >= 4 is 50.7 Å². The van der Waals surface area contributed by atoms with Gasteiger partial charge in [0.1, 0.15) is 18.3 Å². The van der Waals surface area contributed by atoms with Crippen molar-refractivity contribution in [3.8, 4) is 5.75 Å². The van der Waals surface area contributed by atoms with Crippen LogP contribution < -0.4 is 14.4 Å². The van der Waals surface area contributed by atoms with Crippen LogP contribution in [-0.2, 0) is 32.6 Å². The molecule has 0 aliphatic rings. The number of nitrogens with zero attached hydrogens (tertiary/aromatic N) is 2. The highest BCUT2D eigenvalue weighted by Gasteiger charge is 2.36. The Labute approximate surface area is 287 Å². The number of halogens is 2. The molecule has 0 fully saturated rings. The van der Waals surface area contributed by atoms with Crippen LogP contribution >= 0.6 is 23.2 Å². The molecule has 0 aromatic heterocycles. The number of ether oxygens (including phenoxy) is 1. The van der Waals surface area contributed by atoms with Crippen molar-refractivity contribution in [2.75, 3.05) is 17.5 Å². The molecule has 2 amide bonds. The SMILES string of the molecule is CCOc1ccccc1N(CC(=O)N(Cc1c(Cl)cccc1Cl)C(Cc1ccccc1)C(=O)NC(C)CC)S(=O)(=O)c1ccccc1. The summed E-state index contributed by atoms with van der Waals surface area (Å²) in [7, 11) is -4.29. The molecule has 2 atom stereocenters. The van der Waals surface area contributed by atoms with Crippen LogP contribution in [0.2, 0.25) is 10.0 Å². The fraction of sp³-hybridized carbons (Fsp3) is 0.278. The van der Waals surface area contributed by atoms with E-state index in [0.29, 0.717) is 27.8 Å². The predicted octanol–water partition coefficient (Wildman–Crippen LogP) is 7.14. The van der Waals surface area contributed by atoms with E-state index in [1.165, 1.54) is 17.0 Å². The average Bonchev–Trinajstić information content (AvgIpc) is 3.07. The van der Waals surface area contributed by atoms with E-state index in [4.69, 9.17) is 27.9 Å². The summed E-state index contributed by atoms with van der Waals surface area (Å²) in [5.41, 5.74) is 1.44. The summed E-state index contributed by atoms with van der Waals surface area (Å²) in [6.07, 6.45) is 0.837. The lowest BCUT2D eigenvalue weighted by molar-refractivity contribution is -0.140. The van der Waals surface area contributed by atoms with Crippen LogP contribution in [0.1, 0.15) is 38.3 Å². The smallest absolute Gasteiger partial charge is 0.264 e. The van der Waals surface area contributed by atoms with Crippen molar-refractivity contribution < 1.29 is 22.7 Å². The van der Waals surface area contributed by atoms with Crippen molar-refractivity contribution in [3.63, 3.8) is 0 Å². The maximum atomic E-state index is 14.7. The molecular formula is C36H39Cl2N3O5S. The maximum absolute atomic E-state index is 14.7. The molecular weight excluding hydrogens is 657 g/mol. The van der Waals surface area contributed by atoms with E-state index in [9.17, 15) is 18.0 Å². The standard InChI is InChI=1S/C36H39Cl2N3O5S/c1-4-26(3)39-36(43)33(23-27-15-8-6-9-16-27)40(24-29-30(37)19-14-20-31(29)38)35(42)25-41(32-21-12-13-22-34(32)46-5-2)47(44,45)28-17-10-7-11-18-28/h6-22,26,33H,4-5,23-25H2,1-3H3,(H,39,43). The van der Waals surface area contributed by atoms with Crippen molar-refractivity contribution in [3.05, 3.63) is 124 Å². The van der Waals surface area contributed by atoms with Crippen LogP contribution in [-0.4, -0.2) is 50.4 Å². The number of rotatable bonds is 15. The Kier molecular flexibility index (Phi) is 12.7. The molecule has 0 radical (unpaired) electrons. The first kappa shape index (κ1) is 35.8. The second-order valence-corrected chi connectivity index (χ2v) is 13.6. The summed E-state index contributed by atoms with van der Waals surface area (Å²) in [6.45, 7) is 5.12. The van der Waals surface area contributed by atoms with Crippen LogP contribution in [0.5, 0.6) is 5.75 Å². The molecule has 0 aliphatic heterocycles. The molecule has 0 saturated carbocycles. The van der Waals surface area contributed by atoms with Gasteiger partial charge < -0.3 is 15.0 Å². The summed E-state index contributed by atoms with van der Waals surface area (Å²) in [5, 5.41) is 3.64. The molecule has 11 heteroatoms. The first-order valence-electron chi connectivity index (χ1n) is 15.4. The third-order valence-corrected chi connectivity index (χ3v) is 10.2. The van der Waals surface area contributed by atoms with Gasteiger partial charge in [-0.1, -0.05) is 96.9 Å². The second-order valence-electron chi connectivity index (χ2n) is 11.0. The van der Waals surface area contributed by atoms with Gasteiger partial charge in [-0.05, 0) is 62.2 Å². The number of carbonyl (C=O) groups excluding carboxylic acids is 2. The van der Waals surface area contributed by atoms with E-state index >= 15 is 0 Å². The highest BCUT2D eigenvalue weighted by atomic mass is 35.5. The fourth-order valence-corrected chi connectivity index (χ4v) is 6.99. The Morgan fingerprint density at radius 3 is 2.04 bits per heavy atom. The van der Waals surface area contributed by atoms with Gasteiger partial charge in [0.05, 0.1) is 17.2 Å². The molecule has 2 unspecified atom stereocenters. The number of anilines is 1. The summed E-state index contributed by atoms with van der Waals surface area (Å²) >= 11 is 13.2. The van der Waals surface area contributed by atoms with Crippen LogP contribution in [0.4, 0.5) is 5.69 Å². The first-order valence-corrected chi connectivity index (χ1v) is 17.6. The quantitative estimate of drug-likeness (QED) is 0.143. The molecule has 4 rings (SSSR count). The van der Waals surface area contributed by atoms with Gasteiger partial charge in [0.25, 0.3) is 10.0 Å². The number of para-hydroxylation sites is 2. The zero-order chi connectivity index (χ0) is 34.0. The van der Waals surface area contributed by atoms with E-state index in [0.717, 1.165) is 9.87 Å². The monoisotopic (exact) mass is 695 g/mol. The first-order chi connectivity index (χ1) is 22.6. The largest absolute Gasteiger partial charge is 0.492 e. The van der Waals surface area contributed by atoms with Gasteiger partial charge in [-0.2, -0.15) is 0 Å². The van der Waals surface area contributed by atoms with Crippen molar-refractivity contribution in [1.82, 2.24) is 10.2 Å². The zero-order valence-electron chi connectivity index (χ0n) is 26.6. The summed E-state index contributed by atoms with van der Waals surface area (Å²) in [6, 6.07) is 27.6. The van der Waals surface area contributed by atoms with Gasteiger partial charge in [0.15, 0.2) is 0 Å². The minimum atomic E-state index is -4.29. The molecule has 47 heavy (non-hydrogen) atoms. The molecule has 8 nitrogen and oxygen atoms in total. The Bertz CT molecular complexity index is 1740. The molecule has 0 aliphatic carbocycles. The third kappa shape index (κ3) is 9.06. The summed E-state index contributed by atoms with van der Waals surface area (Å²) in [5.74, 6) is -0.725.